The Morgan fingerprint density at radius 3 is 2.65 bits per heavy atom. The van der Waals surface area contributed by atoms with E-state index in [4.69, 9.17) is 21.3 Å². The average molecular weight is 293 g/mol. The zero-order chi connectivity index (χ0) is 14.7. The van der Waals surface area contributed by atoms with Crippen molar-refractivity contribution in [3.05, 3.63) is 28.4 Å². The Morgan fingerprint density at radius 1 is 1.30 bits per heavy atom. The van der Waals surface area contributed by atoms with Gasteiger partial charge < -0.3 is 10.1 Å². The molecular weight excluding hydrogens is 272 g/mol. The molecule has 2 rings (SSSR count). The van der Waals surface area contributed by atoms with Crippen molar-refractivity contribution in [1.29, 1.82) is 0 Å². The molecule has 4 heteroatoms. The van der Waals surface area contributed by atoms with Crippen molar-refractivity contribution in [2.24, 2.45) is 0 Å². The first-order valence-corrected chi connectivity index (χ1v) is 7.40. The minimum absolute atomic E-state index is 0.616. The molecule has 0 spiro atoms. The van der Waals surface area contributed by atoms with Gasteiger partial charge in [0.05, 0.1) is 17.6 Å². The second-order valence-electron chi connectivity index (χ2n) is 4.84. The van der Waals surface area contributed by atoms with Crippen LogP contribution in [0.15, 0.2) is 12.1 Å². The van der Waals surface area contributed by atoms with Crippen molar-refractivity contribution in [2.45, 2.75) is 33.6 Å². The normalized spacial score (nSPS) is 10.8. The minimum atomic E-state index is 0.616. The van der Waals surface area contributed by atoms with E-state index >= 15 is 0 Å². The number of nitrogens with zero attached hydrogens (tertiary/aromatic N) is 1. The molecule has 1 heterocycles. The van der Waals surface area contributed by atoms with E-state index in [-0.39, 0.29) is 0 Å². The van der Waals surface area contributed by atoms with Crippen molar-refractivity contribution in [1.82, 2.24) is 4.98 Å². The number of pyridine rings is 1. The summed E-state index contributed by atoms with van der Waals surface area (Å²) in [7, 11) is 1.62. The van der Waals surface area contributed by atoms with Crippen molar-refractivity contribution in [3.63, 3.8) is 0 Å². The largest absolute Gasteiger partial charge is 0.495 e. The van der Waals surface area contributed by atoms with Crippen LogP contribution >= 0.6 is 11.6 Å². The van der Waals surface area contributed by atoms with E-state index < -0.39 is 0 Å². The second-order valence-corrected chi connectivity index (χ2v) is 5.25. The molecule has 3 nitrogen and oxygen atoms in total. The number of methoxy groups -OCH3 is 1. The van der Waals surface area contributed by atoms with Crippen LogP contribution in [0, 0.1) is 6.92 Å². The van der Waals surface area contributed by atoms with E-state index in [0.717, 1.165) is 41.7 Å². The van der Waals surface area contributed by atoms with Crippen LogP contribution in [-0.4, -0.2) is 18.6 Å². The van der Waals surface area contributed by atoms with E-state index in [2.05, 4.69) is 26.1 Å². The summed E-state index contributed by atoms with van der Waals surface area (Å²) in [5, 5.41) is 5.18. The Morgan fingerprint density at radius 2 is 2.05 bits per heavy atom. The van der Waals surface area contributed by atoms with Gasteiger partial charge in [-0.2, -0.15) is 0 Å². The molecule has 0 unspecified atom stereocenters. The first-order chi connectivity index (χ1) is 9.62. The monoisotopic (exact) mass is 292 g/mol. The van der Waals surface area contributed by atoms with Gasteiger partial charge in [0.15, 0.2) is 0 Å². The van der Waals surface area contributed by atoms with Gasteiger partial charge in [-0.3, -0.25) is 4.98 Å². The lowest BCUT2D eigenvalue weighted by atomic mass is 10.0. The fraction of sp³-hybridized carbons (Fsp3) is 0.438. The number of hydrogen-bond acceptors (Lipinski definition) is 3. The zero-order valence-corrected chi connectivity index (χ0v) is 13.3. The highest BCUT2D eigenvalue weighted by Gasteiger charge is 2.13. The predicted octanol–water partition coefficient (Wildman–Crippen LogP) is 4.59. The lowest BCUT2D eigenvalue weighted by molar-refractivity contribution is 0.415. The number of fused-ring (bicyclic) bond motifs is 1. The van der Waals surface area contributed by atoms with Crippen LogP contribution in [0.4, 0.5) is 5.69 Å². The van der Waals surface area contributed by atoms with Crippen LogP contribution in [0.5, 0.6) is 5.75 Å². The Labute approximate surface area is 125 Å². The maximum Gasteiger partial charge on any atom is 0.139 e. The number of benzene rings is 1. The van der Waals surface area contributed by atoms with Crippen molar-refractivity contribution < 1.29 is 4.74 Å². The Balaban J connectivity index is 2.71. The molecule has 0 aliphatic carbocycles. The standard InChI is InChI=1S/C16H21ClN2O/c1-5-7-18-16-10(3)13(6-2)19-14-9-15(20-4)12(17)8-11(14)16/h8-9H,5-7H2,1-4H3,(H,18,19). The van der Waals surface area contributed by atoms with Crippen molar-refractivity contribution in [2.75, 3.05) is 19.0 Å². The van der Waals surface area contributed by atoms with Gasteiger partial charge in [-0.05, 0) is 31.4 Å². The quantitative estimate of drug-likeness (QED) is 0.875. The van der Waals surface area contributed by atoms with E-state index in [9.17, 15) is 0 Å². The van der Waals surface area contributed by atoms with Crippen LogP contribution in [0.1, 0.15) is 31.5 Å². The molecule has 0 aliphatic heterocycles. The van der Waals surface area contributed by atoms with Gasteiger partial charge in [0, 0.05) is 29.4 Å². The maximum atomic E-state index is 6.25. The van der Waals surface area contributed by atoms with Gasteiger partial charge >= 0.3 is 0 Å². The molecule has 0 saturated carbocycles. The molecular formula is C16H21ClN2O. The van der Waals surface area contributed by atoms with E-state index in [0.29, 0.717) is 10.8 Å². The molecule has 0 bridgehead atoms. The van der Waals surface area contributed by atoms with Crippen LogP contribution in [0.25, 0.3) is 10.9 Å². The van der Waals surface area contributed by atoms with Crippen LogP contribution < -0.4 is 10.1 Å². The number of aromatic nitrogens is 1. The van der Waals surface area contributed by atoms with Gasteiger partial charge in [-0.1, -0.05) is 25.4 Å². The van der Waals surface area contributed by atoms with Gasteiger partial charge in [0.1, 0.15) is 5.75 Å². The lowest BCUT2D eigenvalue weighted by Crippen LogP contribution is -2.06. The number of halogens is 1. The highest BCUT2D eigenvalue weighted by molar-refractivity contribution is 6.33. The number of anilines is 1. The maximum absolute atomic E-state index is 6.25. The van der Waals surface area contributed by atoms with Crippen LogP contribution in [0.2, 0.25) is 5.02 Å². The molecule has 0 saturated heterocycles. The summed E-state index contributed by atoms with van der Waals surface area (Å²) in [6, 6.07) is 3.85. The smallest absolute Gasteiger partial charge is 0.139 e. The van der Waals surface area contributed by atoms with Crippen LogP contribution in [0.3, 0.4) is 0 Å². The molecule has 0 radical (unpaired) electrons. The third kappa shape index (κ3) is 2.68. The molecule has 0 amide bonds. The van der Waals surface area contributed by atoms with E-state index in [1.54, 1.807) is 7.11 Å². The number of nitrogens with one attached hydrogen (secondary N) is 1. The number of rotatable bonds is 5. The molecule has 1 aromatic heterocycles. The van der Waals surface area contributed by atoms with Crippen LogP contribution in [-0.2, 0) is 6.42 Å². The fourth-order valence-corrected chi connectivity index (χ4v) is 2.63. The third-order valence-electron chi connectivity index (χ3n) is 3.49. The first-order valence-electron chi connectivity index (χ1n) is 7.02. The topological polar surface area (TPSA) is 34.2 Å². The summed E-state index contributed by atoms with van der Waals surface area (Å²) in [5.41, 5.74) is 4.38. The predicted molar refractivity (Wildman–Crippen MR) is 86.2 cm³/mol. The summed E-state index contributed by atoms with van der Waals surface area (Å²) < 4.78 is 5.29. The number of ether oxygens (including phenoxy) is 1. The fourth-order valence-electron chi connectivity index (χ4n) is 2.39. The molecule has 0 aliphatic rings. The summed E-state index contributed by atoms with van der Waals surface area (Å²) in [5.74, 6) is 0.666. The molecule has 1 N–H and O–H groups in total. The average Bonchev–Trinajstić information content (AvgIpc) is 2.45. The summed E-state index contributed by atoms with van der Waals surface area (Å²) >= 11 is 6.25. The molecule has 108 valence electrons. The molecule has 0 atom stereocenters. The highest BCUT2D eigenvalue weighted by atomic mass is 35.5. The summed E-state index contributed by atoms with van der Waals surface area (Å²) in [6.07, 6.45) is 1.99. The highest BCUT2D eigenvalue weighted by Crippen LogP contribution is 2.35. The molecule has 2 aromatic rings. The van der Waals surface area contributed by atoms with Crippen molar-refractivity contribution >= 4 is 28.2 Å². The van der Waals surface area contributed by atoms with Crippen molar-refractivity contribution in [3.8, 4) is 5.75 Å². The Kier molecular flexibility index (Phi) is 4.71. The van der Waals surface area contributed by atoms with Gasteiger partial charge in [-0.25, -0.2) is 0 Å². The molecule has 20 heavy (non-hydrogen) atoms. The lowest BCUT2D eigenvalue weighted by Gasteiger charge is -2.16. The SMILES string of the molecule is CCCNc1c(C)c(CC)nc2cc(OC)c(Cl)cc12. The third-order valence-corrected chi connectivity index (χ3v) is 3.78. The van der Waals surface area contributed by atoms with E-state index in [1.807, 2.05) is 12.1 Å². The Bertz CT molecular complexity index is 620. The molecule has 1 aromatic carbocycles. The Hall–Kier alpha value is -1.48. The van der Waals surface area contributed by atoms with Gasteiger partial charge in [0.2, 0.25) is 0 Å². The summed E-state index contributed by atoms with van der Waals surface area (Å²) in [6.45, 7) is 7.33. The van der Waals surface area contributed by atoms with Gasteiger partial charge in [-0.15, -0.1) is 0 Å². The van der Waals surface area contributed by atoms with E-state index in [1.165, 1.54) is 5.56 Å². The number of aryl methyl sites for hydroxylation is 1. The molecule has 0 fully saturated rings. The number of hydrogen-bond donors (Lipinski definition) is 1. The summed E-state index contributed by atoms with van der Waals surface area (Å²) in [4.78, 5) is 4.73. The van der Waals surface area contributed by atoms with Gasteiger partial charge in [0.25, 0.3) is 0 Å². The zero-order valence-electron chi connectivity index (χ0n) is 12.5. The second kappa shape index (κ2) is 6.31. The first kappa shape index (κ1) is 14.9. The minimum Gasteiger partial charge on any atom is -0.495 e.